The van der Waals surface area contributed by atoms with Crippen molar-refractivity contribution in [2.24, 2.45) is 0 Å². The summed E-state index contributed by atoms with van der Waals surface area (Å²) in [4.78, 5) is 43.9. The molecule has 0 saturated carbocycles. The smallest absolute Gasteiger partial charge is 0.415 e. The molecule has 32 heavy (non-hydrogen) atoms. The van der Waals surface area contributed by atoms with Crippen molar-refractivity contribution >= 4 is 40.2 Å². The van der Waals surface area contributed by atoms with Gasteiger partial charge in [-0.05, 0) is 25.0 Å². The third kappa shape index (κ3) is 6.20. The van der Waals surface area contributed by atoms with E-state index in [0.717, 1.165) is 4.90 Å². The van der Waals surface area contributed by atoms with Crippen LogP contribution in [0.5, 0.6) is 0 Å². The zero-order valence-electron chi connectivity index (χ0n) is 17.8. The lowest BCUT2D eigenvalue weighted by Gasteiger charge is -2.21. The van der Waals surface area contributed by atoms with Gasteiger partial charge in [0, 0.05) is 6.26 Å². The normalized spacial score (nSPS) is 11.5. The molecule has 2 aromatic rings. The second kappa shape index (κ2) is 11.1. The van der Waals surface area contributed by atoms with Crippen LogP contribution < -0.4 is 10.6 Å². The van der Waals surface area contributed by atoms with Gasteiger partial charge in [-0.1, -0.05) is 24.3 Å². The van der Waals surface area contributed by atoms with Crippen LogP contribution in [0.1, 0.15) is 25.0 Å². The van der Waals surface area contributed by atoms with Crippen LogP contribution in [0.2, 0.25) is 0 Å². The summed E-state index contributed by atoms with van der Waals surface area (Å²) < 4.78 is 21.9. The van der Waals surface area contributed by atoms with E-state index in [4.69, 9.17) is 15.2 Å². The number of aromatic nitrogens is 2. The molecule has 1 aromatic heterocycles. The summed E-state index contributed by atoms with van der Waals surface area (Å²) in [5, 5.41) is 11.4. The number of esters is 1. The number of hydrogen-bond donors (Lipinski definition) is 1. The number of hydrogen-bond acceptors (Lipinski definition) is 10. The molecular weight excluding hydrogens is 442 g/mol. The molecule has 0 aliphatic carbocycles. The summed E-state index contributed by atoms with van der Waals surface area (Å²) in [6.45, 7) is 3.33. The molecule has 1 unspecified atom stereocenters. The zero-order valence-corrected chi connectivity index (χ0v) is 18.6. The highest BCUT2D eigenvalue weighted by Crippen LogP contribution is 2.33. The molecule has 0 aliphatic heterocycles. The molecule has 1 atom stereocenters. The second-order valence-electron chi connectivity index (χ2n) is 6.36. The number of anilines is 2. The summed E-state index contributed by atoms with van der Waals surface area (Å²) in [7, 11) is -1.72. The molecule has 2 rings (SSSR count). The van der Waals surface area contributed by atoms with Crippen molar-refractivity contribution in [3.8, 4) is 0 Å². The Morgan fingerprint density at radius 2 is 1.84 bits per heavy atom. The van der Waals surface area contributed by atoms with Crippen molar-refractivity contribution in [3.63, 3.8) is 0 Å². The van der Waals surface area contributed by atoms with Crippen LogP contribution in [-0.4, -0.2) is 50.6 Å². The van der Waals surface area contributed by atoms with Gasteiger partial charge in [-0.2, -0.15) is 9.97 Å². The average molecular weight is 465 g/mol. The van der Waals surface area contributed by atoms with Gasteiger partial charge in [-0.3, -0.25) is 24.0 Å². The molecule has 12 nitrogen and oxygen atoms in total. The zero-order chi connectivity index (χ0) is 23.8. The molecular formula is C19H23N5O7S. The Kier molecular flexibility index (Phi) is 8.58. The van der Waals surface area contributed by atoms with Gasteiger partial charge in [0.1, 0.15) is 0 Å². The first-order chi connectivity index (χ1) is 15.2. The lowest BCUT2D eigenvalue weighted by molar-refractivity contribution is -0.383. The molecule has 0 radical (unpaired) electrons. The van der Waals surface area contributed by atoms with E-state index in [9.17, 15) is 23.9 Å². The molecule has 0 spiro atoms. The van der Waals surface area contributed by atoms with Gasteiger partial charge < -0.3 is 15.2 Å². The van der Waals surface area contributed by atoms with Crippen molar-refractivity contribution in [2.45, 2.75) is 32.0 Å². The summed E-state index contributed by atoms with van der Waals surface area (Å²) in [6.07, 6.45) is 0.371. The number of benzene rings is 1. The number of ether oxygens (including phenoxy) is 2. The van der Waals surface area contributed by atoms with E-state index in [0.29, 0.717) is 11.1 Å². The van der Waals surface area contributed by atoms with Crippen LogP contribution in [-0.2, 0) is 38.0 Å². The van der Waals surface area contributed by atoms with Crippen LogP contribution in [0.15, 0.2) is 29.4 Å². The van der Waals surface area contributed by atoms with Crippen LogP contribution in [0.4, 0.5) is 22.1 Å². The fourth-order valence-corrected chi connectivity index (χ4v) is 3.20. The lowest BCUT2D eigenvalue weighted by Crippen LogP contribution is -2.33. The fourth-order valence-electron chi connectivity index (χ4n) is 2.76. The quantitative estimate of drug-likeness (QED) is 0.250. The van der Waals surface area contributed by atoms with Gasteiger partial charge in [0.05, 0.1) is 41.9 Å². The molecule has 0 bridgehead atoms. The molecule has 172 valence electrons. The van der Waals surface area contributed by atoms with Crippen LogP contribution >= 0.6 is 0 Å². The fraction of sp³-hybridized carbons (Fsp3) is 0.368. The maximum absolute atomic E-state index is 12.7. The predicted octanol–water partition coefficient (Wildman–Crippen LogP) is 1.97. The minimum absolute atomic E-state index is 0.000833. The summed E-state index contributed by atoms with van der Waals surface area (Å²) >= 11 is 0. The van der Waals surface area contributed by atoms with Gasteiger partial charge >= 0.3 is 17.7 Å². The van der Waals surface area contributed by atoms with Crippen LogP contribution in [0.25, 0.3) is 0 Å². The second-order valence-corrected chi connectivity index (χ2v) is 7.64. The Morgan fingerprint density at radius 1 is 1.19 bits per heavy atom. The van der Waals surface area contributed by atoms with Crippen molar-refractivity contribution in [1.82, 2.24) is 9.97 Å². The van der Waals surface area contributed by atoms with E-state index in [1.165, 1.54) is 6.26 Å². The SMILES string of the molecule is CCOC(=O)Cc1cccc(CN(C(=O)OCC)c2nc(S(C)=O)nc(N)c2[N+](=O)[O-])c1. The van der Waals surface area contributed by atoms with Crippen molar-refractivity contribution in [2.75, 3.05) is 30.1 Å². The van der Waals surface area contributed by atoms with E-state index in [2.05, 4.69) is 9.97 Å². The Labute approximate surface area is 186 Å². The maximum atomic E-state index is 12.7. The van der Waals surface area contributed by atoms with Gasteiger partial charge in [-0.25, -0.2) is 4.79 Å². The lowest BCUT2D eigenvalue weighted by atomic mass is 10.1. The van der Waals surface area contributed by atoms with E-state index >= 15 is 0 Å². The maximum Gasteiger partial charge on any atom is 0.415 e. The minimum atomic E-state index is -1.72. The molecule has 2 N–H and O–H groups in total. The Balaban J connectivity index is 2.53. The highest BCUT2D eigenvalue weighted by Gasteiger charge is 2.32. The first kappa shape index (κ1) is 24.7. The number of nitrogen functional groups attached to an aromatic ring is 1. The third-order valence-corrected chi connectivity index (χ3v) is 4.74. The molecule has 0 fully saturated rings. The number of carbonyl (C=O) groups is 2. The number of nitro groups is 1. The summed E-state index contributed by atoms with van der Waals surface area (Å²) in [5.74, 6) is -1.39. The molecule has 1 amide bonds. The largest absolute Gasteiger partial charge is 0.466 e. The van der Waals surface area contributed by atoms with E-state index in [-0.39, 0.29) is 31.3 Å². The third-order valence-electron chi connectivity index (χ3n) is 4.04. The number of carbonyl (C=O) groups excluding carboxylic acids is 2. The number of nitrogens with two attached hydrogens (primary N) is 1. The highest BCUT2D eigenvalue weighted by atomic mass is 32.2. The Morgan fingerprint density at radius 3 is 2.44 bits per heavy atom. The molecule has 13 heteroatoms. The topological polar surface area (TPSA) is 168 Å². The van der Waals surface area contributed by atoms with Crippen molar-refractivity contribution < 1.29 is 28.2 Å². The Bertz CT molecular complexity index is 1050. The summed E-state index contributed by atoms with van der Waals surface area (Å²) in [6, 6.07) is 6.69. The molecule has 0 saturated heterocycles. The highest BCUT2D eigenvalue weighted by molar-refractivity contribution is 7.84. The first-order valence-corrected chi connectivity index (χ1v) is 11.1. The van der Waals surface area contributed by atoms with Gasteiger partial charge in [0.2, 0.25) is 16.8 Å². The average Bonchev–Trinajstić information content (AvgIpc) is 2.71. The minimum Gasteiger partial charge on any atom is -0.466 e. The number of nitrogens with zero attached hydrogens (tertiary/aromatic N) is 4. The monoisotopic (exact) mass is 465 g/mol. The van der Waals surface area contributed by atoms with Crippen LogP contribution in [0, 0.1) is 10.1 Å². The molecule has 1 aromatic carbocycles. The standard InChI is InChI=1S/C19H23N5O7S/c1-4-30-14(25)10-12-7-6-8-13(9-12)11-23(19(26)31-5-2)17-15(24(27)28)16(20)21-18(22-17)32(3)29/h6-9H,4-5,10-11H2,1-3H3,(H2,20,21,22). The van der Waals surface area contributed by atoms with Gasteiger partial charge in [0.15, 0.2) is 0 Å². The van der Waals surface area contributed by atoms with Crippen LogP contribution in [0.3, 0.4) is 0 Å². The van der Waals surface area contributed by atoms with E-state index in [1.807, 2.05) is 0 Å². The predicted molar refractivity (Wildman–Crippen MR) is 115 cm³/mol. The van der Waals surface area contributed by atoms with E-state index < -0.39 is 45.1 Å². The Hall–Kier alpha value is -3.61. The van der Waals surface area contributed by atoms with Gasteiger partial charge in [-0.15, -0.1) is 0 Å². The first-order valence-electron chi connectivity index (χ1n) is 9.50. The van der Waals surface area contributed by atoms with Gasteiger partial charge in [0.25, 0.3) is 0 Å². The van der Waals surface area contributed by atoms with Crippen molar-refractivity contribution in [1.29, 1.82) is 0 Å². The molecule has 0 aliphatic rings. The summed E-state index contributed by atoms with van der Waals surface area (Å²) in [5.41, 5.74) is 6.16. The number of amides is 1. The van der Waals surface area contributed by atoms with E-state index in [1.54, 1.807) is 38.1 Å². The number of rotatable bonds is 9. The molecule has 1 heterocycles. The van der Waals surface area contributed by atoms with Crippen molar-refractivity contribution in [3.05, 3.63) is 45.5 Å².